The fourth-order valence-corrected chi connectivity index (χ4v) is 2.33. The molecule has 0 atom stereocenters. The Morgan fingerprint density at radius 1 is 1.30 bits per heavy atom. The van der Waals surface area contributed by atoms with Crippen LogP contribution in [0.2, 0.25) is 10.0 Å². The lowest BCUT2D eigenvalue weighted by Gasteiger charge is -2.21. The number of rotatable bonds is 7. The molecule has 0 aliphatic carbocycles. The molecule has 3 nitrogen and oxygen atoms in total. The average molecular weight is 318 g/mol. The first-order valence-corrected chi connectivity index (χ1v) is 7.42. The number of hydrogen-bond acceptors (Lipinski definition) is 2. The van der Waals surface area contributed by atoms with Crippen LogP contribution >= 0.6 is 23.2 Å². The number of nitrogens with one attached hydrogen (secondary N) is 1. The highest BCUT2D eigenvalue weighted by molar-refractivity contribution is 6.36. The molecule has 20 heavy (non-hydrogen) atoms. The fraction of sp³-hybridized carbons (Fsp3) is 0.533. The lowest BCUT2D eigenvalue weighted by atomic mass is 9.89. The van der Waals surface area contributed by atoms with Crippen molar-refractivity contribution in [1.82, 2.24) is 5.32 Å². The van der Waals surface area contributed by atoms with Crippen molar-refractivity contribution in [2.45, 2.75) is 33.1 Å². The van der Waals surface area contributed by atoms with E-state index < -0.39 is 0 Å². The minimum atomic E-state index is -0.100. The third-order valence-electron chi connectivity index (χ3n) is 3.18. The smallest absolute Gasteiger partial charge is 0.224 e. The molecule has 0 unspecified atom stereocenters. The van der Waals surface area contributed by atoms with Crippen molar-refractivity contribution >= 4 is 29.1 Å². The molecule has 0 spiro atoms. The first-order chi connectivity index (χ1) is 9.35. The predicted molar refractivity (Wildman–Crippen MR) is 83.3 cm³/mol. The summed E-state index contributed by atoms with van der Waals surface area (Å²) in [7, 11) is 0. The molecule has 1 aromatic carbocycles. The van der Waals surface area contributed by atoms with Crippen LogP contribution in [0.25, 0.3) is 0 Å². The molecule has 0 aliphatic heterocycles. The van der Waals surface area contributed by atoms with E-state index in [4.69, 9.17) is 28.3 Å². The Hall–Kier alpha value is -0.770. The van der Waals surface area contributed by atoms with Crippen molar-refractivity contribution in [2.24, 2.45) is 5.41 Å². The minimum Gasteiger partial charge on any atom is -0.396 e. The van der Waals surface area contributed by atoms with Gasteiger partial charge in [-0.1, -0.05) is 43.1 Å². The van der Waals surface area contributed by atoms with Crippen LogP contribution in [-0.4, -0.2) is 24.2 Å². The van der Waals surface area contributed by atoms with Crippen LogP contribution < -0.4 is 5.32 Å². The first-order valence-electron chi connectivity index (χ1n) is 6.66. The monoisotopic (exact) mass is 317 g/mol. The highest BCUT2D eigenvalue weighted by Gasteiger charge is 2.16. The van der Waals surface area contributed by atoms with Gasteiger partial charge in [-0.15, -0.1) is 0 Å². The molecular weight excluding hydrogens is 297 g/mol. The van der Waals surface area contributed by atoms with Gasteiger partial charge in [0.2, 0.25) is 5.91 Å². The van der Waals surface area contributed by atoms with Gasteiger partial charge in [-0.3, -0.25) is 4.79 Å². The van der Waals surface area contributed by atoms with Crippen LogP contribution in [0, 0.1) is 5.41 Å². The number of carbonyl (C=O) groups excluding carboxylic acids is 1. The molecule has 0 bridgehead atoms. The predicted octanol–water partition coefficient (Wildman–Crippen LogP) is 3.45. The summed E-state index contributed by atoms with van der Waals surface area (Å²) in [5, 5.41) is 13.0. The highest BCUT2D eigenvalue weighted by Crippen LogP contribution is 2.24. The zero-order valence-electron chi connectivity index (χ0n) is 11.9. The Kier molecular flexibility index (Phi) is 6.80. The maximum atomic E-state index is 11.8. The summed E-state index contributed by atoms with van der Waals surface area (Å²) >= 11 is 12.0. The standard InChI is InChI=1S/C15H21Cl2NO2/c1-15(2,10-19)7-4-8-18-14(20)9-11-12(16)5-3-6-13(11)17/h3,5-6,19H,4,7-10H2,1-2H3,(H,18,20). The van der Waals surface area contributed by atoms with Crippen molar-refractivity contribution in [3.8, 4) is 0 Å². The number of hydrogen-bond donors (Lipinski definition) is 2. The normalized spacial score (nSPS) is 11.4. The SMILES string of the molecule is CC(C)(CO)CCCNC(=O)Cc1c(Cl)cccc1Cl. The Morgan fingerprint density at radius 3 is 2.45 bits per heavy atom. The van der Waals surface area contributed by atoms with E-state index in [0.29, 0.717) is 22.2 Å². The van der Waals surface area contributed by atoms with Crippen LogP contribution in [0.3, 0.4) is 0 Å². The lowest BCUT2D eigenvalue weighted by Crippen LogP contribution is -2.27. The zero-order chi connectivity index (χ0) is 15.2. The molecular formula is C15H21Cl2NO2. The number of benzene rings is 1. The summed E-state index contributed by atoms with van der Waals surface area (Å²) in [6.07, 6.45) is 1.87. The van der Waals surface area contributed by atoms with E-state index >= 15 is 0 Å². The third-order valence-corrected chi connectivity index (χ3v) is 3.89. The lowest BCUT2D eigenvalue weighted by molar-refractivity contribution is -0.120. The second-order valence-electron chi connectivity index (χ2n) is 5.65. The van der Waals surface area contributed by atoms with Crippen molar-refractivity contribution in [3.63, 3.8) is 0 Å². The number of aliphatic hydroxyl groups is 1. The summed E-state index contributed by atoms with van der Waals surface area (Å²) in [5.41, 5.74) is 0.556. The fourth-order valence-electron chi connectivity index (χ4n) is 1.80. The van der Waals surface area contributed by atoms with Crippen LogP contribution in [-0.2, 0) is 11.2 Å². The second kappa shape index (κ2) is 7.87. The van der Waals surface area contributed by atoms with Gasteiger partial charge in [0.05, 0.1) is 6.42 Å². The molecule has 0 aliphatic rings. The number of aliphatic hydroxyl groups excluding tert-OH is 1. The molecule has 0 radical (unpaired) electrons. The average Bonchev–Trinajstić information content (AvgIpc) is 2.39. The highest BCUT2D eigenvalue weighted by atomic mass is 35.5. The number of halogens is 2. The molecule has 0 saturated heterocycles. The van der Waals surface area contributed by atoms with Gasteiger partial charge >= 0.3 is 0 Å². The summed E-state index contributed by atoms with van der Waals surface area (Å²) in [4.78, 5) is 11.8. The Balaban J connectivity index is 2.38. The van der Waals surface area contributed by atoms with E-state index in [1.165, 1.54) is 0 Å². The molecule has 1 amide bonds. The second-order valence-corrected chi connectivity index (χ2v) is 6.47. The van der Waals surface area contributed by atoms with Crippen molar-refractivity contribution in [1.29, 1.82) is 0 Å². The van der Waals surface area contributed by atoms with Crippen molar-refractivity contribution < 1.29 is 9.90 Å². The Labute approximate surface area is 130 Å². The Morgan fingerprint density at radius 2 is 1.90 bits per heavy atom. The maximum absolute atomic E-state index is 11.8. The molecule has 2 N–H and O–H groups in total. The third kappa shape index (κ3) is 5.70. The molecule has 0 aromatic heterocycles. The summed E-state index contributed by atoms with van der Waals surface area (Å²) in [5.74, 6) is -0.0956. The molecule has 0 heterocycles. The van der Waals surface area contributed by atoms with Crippen LogP contribution in [0.4, 0.5) is 0 Å². The maximum Gasteiger partial charge on any atom is 0.224 e. The molecule has 1 aromatic rings. The van der Waals surface area contributed by atoms with Crippen molar-refractivity contribution in [2.75, 3.05) is 13.2 Å². The summed E-state index contributed by atoms with van der Waals surface area (Å²) in [6.45, 7) is 4.73. The van der Waals surface area contributed by atoms with E-state index in [9.17, 15) is 4.79 Å². The van der Waals surface area contributed by atoms with Crippen LogP contribution in [0.5, 0.6) is 0 Å². The molecule has 0 saturated carbocycles. The number of amides is 1. The first kappa shape index (κ1) is 17.3. The van der Waals surface area contributed by atoms with Crippen LogP contribution in [0.15, 0.2) is 18.2 Å². The van der Waals surface area contributed by atoms with Gasteiger partial charge in [-0.2, -0.15) is 0 Å². The Bertz CT molecular complexity index is 441. The van der Waals surface area contributed by atoms with E-state index in [2.05, 4.69) is 5.32 Å². The largest absolute Gasteiger partial charge is 0.396 e. The molecule has 5 heteroatoms. The van der Waals surface area contributed by atoms with E-state index in [1.807, 2.05) is 13.8 Å². The van der Waals surface area contributed by atoms with Gasteiger partial charge < -0.3 is 10.4 Å². The quantitative estimate of drug-likeness (QED) is 0.757. The molecule has 1 rings (SSSR count). The van der Waals surface area contributed by atoms with Gasteiger partial charge in [0.1, 0.15) is 0 Å². The van der Waals surface area contributed by atoms with Gasteiger partial charge in [0.25, 0.3) is 0 Å². The van der Waals surface area contributed by atoms with E-state index in [1.54, 1.807) is 18.2 Å². The molecule has 112 valence electrons. The van der Waals surface area contributed by atoms with E-state index in [0.717, 1.165) is 12.8 Å². The minimum absolute atomic E-state index is 0.0956. The van der Waals surface area contributed by atoms with Crippen molar-refractivity contribution in [3.05, 3.63) is 33.8 Å². The summed E-state index contributed by atoms with van der Waals surface area (Å²) in [6, 6.07) is 5.20. The van der Waals surface area contributed by atoms with Gasteiger partial charge in [0.15, 0.2) is 0 Å². The molecule has 0 fully saturated rings. The van der Waals surface area contributed by atoms with Crippen LogP contribution in [0.1, 0.15) is 32.3 Å². The van der Waals surface area contributed by atoms with E-state index in [-0.39, 0.29) is 24.3 Å². The topological polar surface area (TPSA) is 49.3 Å². The van der Waals surface area contributed by atoms with Gasteiger partial charge in [-0.25, -0.2) is 0 Å². The number of carbonyl (C=O) groups is 1. The van der Waals surface area contributed by atoms with Gasteiger partial charge in [0, 0.05) is 23.2 Å². The van der Waals surface area contributed by atoms with Gasteiger partial charge in [-0.05, 0) is 36.0 Å². The zero-order valence-corrected chi connectivity index (χ0v) is 13.4. The summed E-state index contributed by atoms with van der Waals surface area (Å²) < 4.78 is 0.